The van der Waals surface area contributed by atoms with E-state index in [1.807, 2.05) is 30.3 Å². The van der Waals surface area contributed by atoms with Gasteiger partial charge < -0.3 is 33.2 Å². The second-order valence-electron chi connectivity index (χ2n) is 8.71. The van der Waals surface area contributed by atoms with Crippen molar-refractivity contribution < 1.29 is 42.9 Å². The van der Waals surface area contributed by atoms with Gasteiger partial charge in [-0.1, -0.05) is 30.3 Å². The third kappa shape index (κ3) is 5.12. The van der Waals surface area contributed by atoms with Gasteiger partial charge in [0.1, 0.15) is 12.2 Å². The summed E-state index contributed by atoms with van der Waals surface area (Å²) in [6.45, 7) is 3.56. The Hall–Kier alpha value is -2.93. The van der Waals surface area contributed by atoms with Crippen molar-refractivity contribution in [3.63, 3.8) is 0 Å². The average molecular weight is 504 g/mol. The van der Waals surface area contributed by atoms with Crippen LogP contribution in [0.3, 0.4) is 0 Å². The fourth-order valence-electron chi connectivity index (χ4n) is 4.13. The largest absolute Gasteiger partial charge is 0.453 e. The number of methoxy groups -OCH3 is 2. The van der Waals surface area contributed by atoms with Gasteiger partial charge in [0.25, 0.3) is 5.69 Å². The molecule has 0 aromatic heterocycles. The van der Waals surface area contributed by atoms with Gasteiger partial charge in [-0.3, -0.25) is 10.1 Å². The third-order valence-corrected chi connectivity index (χ3v) is 6.54. The smallest absolute Gasteiger partial charge is 0.338 e. The number of fused-ring (bicyclic) bond motifs is 1. The highest BCUT2D eigenvalue weighted by Crippen LogP contribution is 2.43. The maximum atomic E-state index is 12.8. The van der Waals surface area contributed by atoms with Crippen LogP contribution in [0.15, 0.2) is 54.6 Å². The van der Waals surface area contributed by atoms with Crippen molar-refractivity contribution in [1.82, 2.24) is 0 Å². The normalized spacial score (nSPS) is 31.9. The Morgan fingerprint density at radius 2 is 1.61 bits per heavy atom. The first-order valence-electron chi connectivity index (χ1n) is 11.4. The molecule has 2 aromatic rings. The molecule has 36 heavy (non-hydrogen) atoms. The molecule has 4 rings (SSSR count). The zero-order chi connectivity index (χ0) is 25.9. The van der Waals surface area contributed by atoms with Gasteiger partial charge in [-0.15, -0.1) is 0 Å². The van der Waals surface area contributed by atoms with Gasteiger partial charge in [-0.25, -0.2) is 4.79 Å². The van der Waals surface area contributed by atoms with Crippen LogP contribution in [0.25, 0.3) is 0 Å². The van der Waals surface area contributed by atoms with Crippen molar-refractivity contribution >= 4 is 11.7 Å². The van der Waals surface area contributed by atoms with Gasteiger partial charge in [0, 0.05) is 26.4 Å². The molecule has 2 aliphatic rings. The molecular weight excluding hydrogens is 474 g/mol. The van der Waals surface area contributed by atoms with E-state index >= 15 is 0 Å². The first kappa shape index (κ1) is 26.1. The molecule has 0 N–H and O–H groups in total. The van der Waals surface area contributed by atoms with E-state index in [1.54, 1.807) is 13.8 Å². The summed E-state index contributed by atoms with van der Waals surface area (Å²) in [5, 5.41) is 10.9. The van der Waals surface area contributed by atoms with Gasteiger partial charge in [-0.05, 0) is 31.5 Å². The second kappa shape index (κ2) is 10.6. The molecule has 6 atom stereocenters. The van der Waals surface area contributed by atoms with Gasteiger partial charge in [0.15, 0.2) is 12.4 Å². The van der Waals surface area contributed by atoms with Crippen molar-refractivity contribution in [3.05, 3.63) is 75.8 Å². The molecule has 0 saturated carbocycles. The lowest BCUT2D eigenvalue weighted by Gasteiger charge is -2.55. The van der Waals surface area contributed by atoms with Crippen LogP contribution in [0.4, 0.5) is 5.69 Å². The number of rotatable bonds is 8. The zero-order valence-corrected chi connectivity index (χ0v) is 20.4. The third-order valence-electron chi connectivity index (χ3n) is 6.54. The van der Waals surface area contributed by atoms with Gasteiger partial charge in [0.05, 0.1) is 23.7 Å². The highest BCUT2D eigenvalue weighted by atomic mass is 16.8. The molecule has 2 aromatic carbocycles. The lowest BCUT2D eigenvalue weighted by Crippen LogP contribution is -2.71. The summed E-state index contributed by atoms with van der Waals surface area (Å²) in [7, 11) is 2.93. The Morgan fingerprint density at radius 3 is 2.19 bits per heavy atom. The highest BCUT2D eigenvalue weighted by Gasteiger charge is 2.62. The number of hydrogen-bond donors (Lipinski definition) is 0. The summed E-state index contributed by atoms with van der Waals surface area (Å²) in [6, 6.07) is 14.7. The van der Waals surface area contributed by atoms with E-state index in [2.05, 4.69) is 0 Å². The van der Waals surface area contributed by atoms with Crippen LogP contribution in [-0.4, -0.2) is 67.9 Å². The summed E-state index contributed by atoms with van der Waals surface area (Å²) in [5.74, 6) is -3.36. The van der Waals surface area contributed by atoms with E-state index in [4.69, 9.17) is 33.2 Å². The monoisotopic (exact) mass is 503 g/mol. The van der Waals surface area contributed by atoms with Crippen LogP contribution in [-0.2, 0) is 39.8 Å². The van der Waals surface area contributed by atoms with E-state index in [0.717, 1.165) is 5.56 Å². The SMILES string of the molecule is CO[C@@]1(C)OC2C(OCc3ccccc3)OC[C@H](OC(=O)c3ccc([N+](=O)[O-])cc3)[C@H]2O[C@]1(C)OC. The van der Waals surface area contributed by atoms with E-state index in [-0.39, 0.29) is 24.5 Å². The molecule has 11 nitrogen and oxygen atoms in total. The zero-order valence-electron chi connectivity index (χ0n) is 20.4. The van der Waals surface area contributed by atoms with Crippen molar-refractivity contribution in [2.75, 3.05) is 20.8 Å². The lowest BCUT2D eigenvalue weighted by molar-refractivity contribution is -0.479. The second-order valence-corrected chi connectivity index (χ2v) is 8.71. The van der Waals surface area contributed by atoms with Crippen LogP contribution in [0.2, 0.25) is 0 Å². The Bertz CT molecular complexity index is 1060. The maximum Gasteiger partial charge on any atom is 0.338 e. The van der Waals surface area contributed by atoms with Gasteiger partial charge in [-0.2, -0.15) is 0 Å². The van der Waals surface area contributed by atoms with Crippen molar-refractivity contribution in [1.29, 1.82) is 0 Å². The topological polar surface area (TPSA) is 125 Å². The fraction of sp³-hybridized carbons (Fsp3) is 0.480. The summed E-state index contributed by atoms with van der Waals surface area (Å²) in [6.07, 6.45) is -3.38. The van der Waals surface area contributed by atoms with E-state index < -0.39 is 47.1 Å². The minimum Gasteiger partial charge on any atom is -0.453 e. The Labute approximate surface area is 208 Å². The molecule has 0 bridgehead atoms. The number of esters is 1. The van der Waals surface area contributed by atoms with Crippen LogP contribution in [0.5, 0.6) is 0 Å². The summed E-state index contributed by atoms with van der Waals surface area (Å²) >= 11 is 0. The first-order valence-corrected chi connectivity index (χ1v) is 11.4. The average Bonchev–Trinajstić information content (AvgIpc) is 2.89. The molecule has 0 aliphatic carbocycles. The predicted octanol–water partition coefficient (Wildman–Crippen LogP) is 3.20. The summed E-state index contributed by atoms with van der Waals surface area (Å²) in [4.78, 5) is 23.2. The summed E-state index contributed by atoms with van der Waals surface area (Å²) in [5.41, 5.74) is 0.953. The van der Waals surface area contributed by atoms with Crippen LogP contribution in [0.1, 0.15) is 29.8 Å². The summed E-state index contributed by atoms with van der Waals surface area (Å²) < 4.78 is 41.5. The highest BCUT2D eigenvalue weighted by molar-refractivity contribution is 5.89. The number of nitro benzene ring substituents is 1. The van der Waals surface area contributed by atoms with E-state index in [1.165, 1.54) is 38.5 Å². The minimum absolute atomic E-state index is 0.0355. The number of carbonyl (C=O) groups is 1. The van der Waals surface area contributed by atoms with E-state index in [0.29, 0.717) is 0 Å². The number of benzene rings is 2. The molecule has 2 saturated heterocycles. The Kier molecular flexibility index (Phi) is 7.69. The Morgan fingerprint density at radius 1 is 1.00 bits per heavy atom. The maximum absolute atomic E-state index is 12.8. The molecule has 2 fully saturated rings. The van der Waals surface area contributed by atoms with Gasteiger partial charge >= 0.3 is 5.97 Å². The molecule has 0 amide bonds. The molecular formula is C25H29NO10. The number of non-ortho nitro benzene ring substituents is 1. The number of nitrogens with zero attached hydrogens (tertiary/aromatic N) is 1. The molecule has 2 aliphatic heterocycles. The first-order chi connectivity index (χ1) is 17.2. The number of hydrogen-bond acceptors (Lipinski definition) is 10. The van der Waals surface area contributed by atoms with Crippen molar-refractivity contribution in [2.24, 2.45) is 0 Å². The van der Waals surface area contributed by atoms with E-state index in [9.17, 15) is 14.9 Å². The van der Waals surface area contributed by atoms with Crippen LogP contribution >= 0.6 is 0 Å². The standard InChI is InChI=1S/C25H29NO10/c1-24(30-3)25(2,31-4)36-21-20(35-24)19(15-33-23(21)32-14-16-8-6-5-7-9-16)34-22(27)17-10-12-18(13-11-17)26(28)29/h5-13,19-21,23H,14-15H2,1-4H3/t19-,20+,21?,23?,24-,25-/m0/s1. The molecule has 194 valence electrons. The molecule has 11 heteroatoms. The quantitative estimate of drug-likeness (QED) is 0.301. The molecule has 0 radical (unpaired) electrons. The number of nitro groups is 1. The number of ether oxygens (including phenoxy) is 7. The van der Waals surface area contributed by atoms with Crippen molar-refractivity contribution in [3.8, 4) is 0 Å². The fourth-order valence-corrected chi connectivity index (χ4v) is 4.13. The number of carbonyl (C=O) groups excluding carboxylic acids is 1. The predicted molar refractivity (Wildman–Crippen MR) is 124 cm³/mol. The molecule has 2 unspecified atom stereocenters. The van der Waals surface area contributed by atoms with Crippen LogP contribution in [0, 0.1) is 10.1 Å². The van der Waals surface area contributed by atoms with Crippen LogP contribution < -0.4 is 0 Å². The molecule has 0 spiro atoms. The molecule has 2 heterocycles. The van der Waals surface area contributed by atoms with Gasteiger partial charge in [0.2, 0.25) is 11.6 Å². The minimum atomic E-state index is -1.34. The lowest BCUT2D eigenvalue weighted by atomic mass is 9.98. The van der Waals surface area contributed by atoms with Crippen molar-refractivity contribution in [2.45, 2.75) is 56.6 Å². The Balaban J connectivity index is 1.55.